The number of ether oxygens (including phenoxy) is 2. The van der Waals surface area contributed by atoms with Crippen LogP contribution in [0.3, 0.4) is 0 Å². The normalized spacial score (nSPS) is 27.8. The van der Waals surface area contributed by atoms with Crippen molar-refractivity contribution in [2.75, 3.05) is 20.2 Å². The Bertz CT molecular complexity index is 363. The maximum atomic E-state index is 12.2. The van der Waals surface area contributed by atoms with E-state index >= 15 is 0 Å². The lowest BCUT2D eigenvalue weighted by Crippen LogP contribution is -2.46. The van der Waals surface area contributed by atoms with Crippen LogP contribution in [0, 0.1) is 5.92 Å². The molecular formula is C16H30N2O3. The Labute approximate surface area is 128 Å². The van der Waals surface area contributed by atoms with E-state index in [0.29, 0.717) is 19.1 Å². The first-order chi connectivity index (χ1) is 9.84. The molecule has 122 valence electrons. The van der Waals surface area contributed by atoms with Gasteiger partial charge >= 0.3 is 6.09 Å². The van der Waals surface area contributed by atoms with Crippen molar-refractivity contribution in [1.29, 1.82) is 0 Å². The van der Waals surface area contributed by atoms with E-state index < -0.39 is 5.60 Å². The number of methoxy groups -OCH3 is 1. The van der Waals surface area contributed by atoms with Crippen molar-refractivity contribution < 1.29 is 14.3 Å². The van der Waals surface area contributed by atoms with Gasteiger partial charge in [-0.2, -0.15) is 0 Å². The van der Waals surface area contributed by atoms with Gasteiger partial charge < -0.3 is 19.7 Å². The highest BCUT2D eigenvalue weighted by molar-refractivity contribution is 5.68. The van der Waals surface area contributed by atoms with E-state index in [1.54, 1.807) is 12.0 Å². The molecule has 1 amide bonds. The number of likely N-dealkylation sites (tertiary alicyclic amines) is 1. The summed E-state index contributed by atoms with van der Waals surface area (Å²) in [5.41, 5.74) is -0.453. The summed E-state index contributed by atoms with van der Waals surface area (Å²) in [6.07, 6.45) is 3.58. The molecule has 1 heterocycles. The largest absolute Gasteiger partial charge is 0.444 e. The Morgan fingerprint density at radius 2 is 2.00 bits per heavy atom. The van der Waals surface area contributed by atoms with E-state index in [1.807, 2.05) is 20.8 Å². The van der Waals surface area contributed by atoms with Crippen LogP contribution in [0.4, 0.5) is 4.79 Å². The molecule has 0 radical (unpaired) electrons. The molecule has 1 saturated carbocycles. The molecule has 0 bridgehead atoms. The topological polar surface area (TPSA) is 50.8 Å². The highest BCUT2D eigenvalue weighted by Crippen LogP contribution is 2.34. The van der Waals surface area contributed by atoms with Crippen molar-refractivity contribution in [1.82, 2.24) is 10.2 Å². The summed E-state index contributed by atoms with van der Waals surface area (Å²) in [5.74, 6) is 0.808. The number of carbonyl (C=O) groups is 1. The van der Waals surface area contributed by atoms with Crippen LogP contribution < -0.4 is 5.32 Å². The van der Waals surface area contributed by atoms with Crippen LogP contribution in [0.15, 0.2) is 0 Å². The quantitative estimate of drug-likeness (QED) is 0.847. The molecule has 2 aliphatic rings. The van der Waals surface area contributed by atoms with Crippen LogP contribution in [-0.2, 0) is 9.47 Å². The van der Waals surface area contributed by atoms with Gasteiger partial charge in [0.2, 0.25) is 0 Å². The lowest BCUT2D eigenvalue weighted by molar-refractivity contribution is 0.0252. The molecule has 0 aromatic heterocycles. The molecule has 1 aliphatic carbocycles. The van der Waals surface area contributed by atoms with Crippen LogP contribution >= 0.6 is 0 Å². The van der Waals surface area contributed by atoms with Crippen LogP contribution in [0.25, 0.3) is 0 Å². The lowest BCUT2D eigenvalue weighted by Gasteiger charge is -2.25. The summed E-state index contributed by atoms with van der Waals surface area (Å²) in [7, 11) is 1.72. The highest BCUT2D eigenvalue weighted by atomic mass is 16.6. The molecular weight excluding hydrogens is 268 g/mol. The van der Waals surface area contributed by atoms with Crippen molar-refractivity contribution >= 4 is 6.09 Å². The SMILES string of the molecule is CCC(NC1CN(C(=O)OC(C)(C)C)C[C@@H]1OC)C1CC1. The second kappa shape index (κ2) is 6.53. The molecule has 1 N–H and O–H groups in total. The second-order valence-electron chi connectivity index (χ2n) is 7.28. The maximum absolute atomic E-state index is 12.2. The molecule has 21 heavy (non-hydrogen) atoms. The summed E-state index contributed by atoms with van der Waals surface area (Å²) < 4.78 is 11.0. The minimum atomic E-state index is -0.453. The third-order valence-corrected chi connectivity index (χ3v) is 4.28. The van der Waals surface area contributed by atoms with Gasteiger partial charge in [-0.15, -0.1) is 0 Å². The van der Waals surface area contributed by atoms with Crippen molar-refractivity contribution in [3.63, 3.8) is 0 Å². The van der Waals surface area contributed by atoms with Gasteiger partial charge in [-0.1, -0.05) is 6.92 Å². The maximum Gasteiger partial charge on any atom is 0.410 e. The van der Waals surface area contributed by atoms with E-state index in [-0.39, 0.29) is 18.2 Å². The van der Waals surface area contributed by atoms with E-state index in [1.165, 1.54) is 12.8 Å². The van der Waals surface area contributed by atoms with E-state index in [2.05, 4.69) is 12.2 Å². The average Bonchev–Trinajstić information content (AvgIpc) is 3.14. The zero-order valence-electron chi connectivity index (χ0n) is 14.0. The molecule has 1 aliphatic heterocycles. The molecule has 1 saturated heterocycles. The van der Waals surface area contributed by atoms with Crippen LogP contribution in [0.2, 0.25) is 0 Å². The summed E-state index contributed by atoms with van der Waals surface area (Å²) in [6.45, 7) is 9.17. The van der Waals surface area contributed by atoms with E-state index in [0.717, 1.165) is 12.3 Å². The first kappa shape index (κ1) is 16.6. The highest BCUT2D eigenvalue weighted by Gasteiger charge is 2.40. The number of nitrogens with one attached hydrogen (secondary N) is 1. The fourth-order valence-corrected chi connectivity index (χ4v) is 3.01. The molecule has 0 aromatic carbocycles. The van der Waals surface area contributed by atoms with Crippen molar-refractivity contribution in [3.05, 3.63) is 0 Å². The van der Waals surface area contributed by atoms with Gasteiger partial charge in [0.15, 0.2) is 0 Å². The standard InChI is InChI=1S/C16H30N2O3/c1-6-12(11-7-8-11)17-13-9-18(10-14(13)20-5)15(19)21-16(2,3)4/h11-14,17H,6-10H2,1-5H3/t12?,13?,14-/m0/s1. The zero-order chi connectivity index (χ0) is 15.6. The minimum absolute atomic E-state index is 0.0466. The van der Waals surface area contributed by atoms with Gasteiger partial charge in [-0.3, -0.25) is 0 Å². The van der Waals surface area contributed by atoms with Crippen LogP contribution in [0.1, 0.15) is 47.0 Å². The Hall–Kier alpha value is -0.810. The van der Waals surface area contributed by atoms with Gasteiger partial charge in [0.1, 0.15) is 5.60 Å². The molecule has 0 aromatic rings. The molecule has 5 nitrogen and oxygen atoms in total. The fraction of sp³-hybridized carbons (Fsp3) is 0.938. The molecule has 2 unspecified atom stereocenters. The number of hydrogen-bond donors (Lipinski definition) is 1. The summed E-state index contributed by atoms with van der Waals surface area (Å²) >= 11 is 0. The zero-order valence-corrected chi connectivity index (χ0v) is 14.0. The lowest BCUT2D eigenvalue weighted by atomic mass is 10.1. The number of nitrogens with zero attached hydrogens (tertiary/aromatic N) is 1. The number of rotatable bonds is 5. The number of carbonyl (C=O) groups excluding carboxylic acids is 1. The van der Waals surface area contributed by atoms with Gasteiger partial charge in [0.05, 0.1) is 18.7 Å². The Morgan fingerprint density at radius 3 is 2.48 bits per heavy atom. The van der Waals surface area contributed by atoms with Gasteiger partial charge in [-0.05, 0) is 46.0 Å². The molecule has 5 heteroatoms. The molecule has 0 spiro atoms. The predicted octanol–water partition coefficient (Wildman–Crippen LogP) is 2.40. The second-order valence-corrected chi connectivity index (χ2v) is 7.28. The molecule has 3 atom stereocenters. The third-order valence-electron chi connectivity index (χ3n) is 4.28. The Balaban J connectivity index is 1.91. The van der Waals surface area contributed by atoms with E-state index in [9.17, 15) is 4.79 Å². The molecule has 2 rings (SSSR count). The Morgan fingerprint density at radius 1 is 1.33 bits per heavy atom. The number of hydrogen-bond acceptors (Lipinski definition) is 4. The van der Waals surface area contributed by atoms with Gasteiger partial charge in [0.25, 0.3) is 0 Å². The first-order valence-corrected chi connectivity index (χ1v) is 8.10. The average molecular weight is 298 g/mol. The molecule has 2 fully saturated rings. The summed E-state index contributed by atoms with van der Waals surface area (Å²) in [5, 5.41) is 3.70. The van der Waals surface area contributed by atoms with Crippen molar-refractivity contribution in [2.45, 2.75) is 70.7 Å². The minimum Gasteiger partial charge on any atom is -0.444 e. The monoisotopic (exact) mass is 298 g/mol. The number of amides is 1. The predicted molar refractivity (Wildman–Crippen MR) is 82.3 cm³/mol. The van der Waals surface area contributed by atoms with Gasteiger partial charge in [-0.25, -0.2) is 4.79 Å². The Kier molecular flexibility index (Phi) is 5.15. The smallest absolute Gasteiger partial charge is 0.410 e. The van der Waals surface area contributed by atoms with Crippen molar-refractivity contribution in [3.8, 4) is 0 Å². The van der Waals surface area contributed by atoms with Crippen LogP contribution in [0.5, 0.6) is 0 Å². The summed E-state index contributed by atoms with van der Waals surface area (Å²) in [4.78, 5) is 14.0. The first-order valence-electron chi connectivity index (χ1n) is 8.10. The summed E-state index contributed by atoms with van der Waals surface area (Å²) in [6, 6.07) is 0.749. The third kappa shape index (κ3) is 4.58. The fourth-order valence-electron chi connectivity index (χ4n) is 3.01. The van der Waals surface area contributed by atoms with E-state index in [4.69, 9.17) is 9.47 Å². The van der Waals surface area contributed by atoms with Crippen molar-refractivity contribution in [2.24, 2.45) is 5.92 Å². The van der Waals surface area contributed by atoms with Crippen LogP contribution in [-0.4, -0.2) is 55.0 Å². The van der Waals surface area contributed by atoms with Gasteiger partial charge in [0, 0.05) is 19.7 Å².